The van der Waals surface area contributed by atoms with Crippen molar-refractivity contribution in [2.75, 3.05) is 12.8 Å². The van der Waals surface area contributed by atoms with E-state index in [1.54, 1.807) is 24.3 Å². The molecule has 3 N–H and O–H groups in total. The third kappa shape index (κ3) is 2.89. The van der Waals surface area contributed by atoms with Gasteiger partial charge >= 0.3 is 5.97 Å². The van der Waals surface area contributed by atoms with Crippen molar-refractivity contribution < 1.29 is 14.6 Å². The molecule has 0 saturated carbocycles. The highest BCUT2D eigenvalue weighted by Crippen LogP contribution is 2.31. The number of aromatic nitrogens is 2. The summed E-state index contributed by atoms with van der Waals surface area (Å²) in [6, 6.07) is 16.1. The minimum Gasteiger partial charge on any atom is -0.492 e. The molecular weight excluding hydrogens is 306 g/mol. The Labute approximate surface area is 138 Å². The summed E-state index contributed by atoms with van der Waals surface area (Å²) in [6.07, 6.45) is 0. The Balaban J connectivity index is 2.22. The third-order valence-corrected chi connectivity index (χ3v) is 3.52. The maximum atomic E-state index is 11.8. The van der Waals surface area contributed by atoms with Crippen LogP contribution >= 0.6 is 0 Å². The quantitative estimate of drug-likeness (QED) is 0.720. The molecule has 6 heteroatoms. The van der Waals surface area contributed by atoms with Gasteiger partial charge in [0, 0.05) is 5.56 Å². The second-order valence-electron chi connectivity index (χ2n) is 5.06. The number of esters is 1. The van der Waals surface area contributed by atoms with Crippen LogP contribution in [-0.2, 0) is 4.74 Å². The zero-order valence-corrected chi connectivity index (χ0v) is 12.9. The number of carbonyl (C=O) groups is 1. The largest absolute Gasteiger partial charge is 0.492 e. The number of aromatic hydroxyl groups is 1. The van der Waals surface area contributed by atoms with Gasteiger partial charge in [-0.15, -0.1) is 0 Å². The number of pyridine rings is 2. The molecule has 0 aliphatic rings. The van der Waals surface area contributed by atoms with Crippen LogP contribution in [0.15, 0.2) is 54.6 Å². The normalized spacial score (nSPS) is 10.4. The highest BCUT2D eigenvalue weighted by Gasteiger charge is 2.16. The average molecular weight is 321 g/mol. The van der Waals surface area contributed by atoms with E-state index in [-0.39, 0.29) is 17.3 Å². The predicted octanol–water partition coefficient (Wildman–Crippen LogP) is 2.89. The van der Waals surface area contributed by atoms with E-state index < -0.39 is 5.97 Å². The first kappa shape index (κ1) is 15.5. The van der Waals surface area contributed by atoms with E-state index in [1.807, 2.05) is 30.3 Å². The van der Waals surface area contributed by atoms with Crippen molar-refractivity contribution in [2.24, 2.45) is 0 Å². The Kier molecular flexibility index (Phi) is 4.11. The fraction of sp³-hybridized carbons (Fsp3) is 0.0556. The zero-order chi connectivity index (χ0) is 17.1. The number of nitrogens with zero attached hydrogens (tertiary/aromatic N) is 2. The lowest BCUT2D eigenvalue weighted by Crippen LogP contribution is -2.06. The number of hydrogen-bond donors (Lipinski definition) is 2. The molecule has 0 aliphatic heterocycles. The van der Waals surface area contributed by atoms with Crippen LogP contribution in [-0.4, -0.2) is 28.2 Å². The van der Waals surface area contributed by atoms with E-state index in [0.717, 1.165) is 11.1 Å². The topological polar surface area (TPSA) is 98.3 Å². The summed E-state index contributed by atoms with van der Waals surface area (Å²) in [5, 5.41) is 9.79. The summed E-state index contributed by atoms with van der Waals surface area (Å²) in [5.41, 5.74) is 8.49. The van der Waals surface area contributed by atoms with Crippen LogP contribution in [0.25, 0.3) is 22.5 Å². The molecule has 3 aromatic rings. The van der Waals surface area contributed by atoms with Crippen LogP contribution in [0.3, 0.4) is 0 Å². The molecule has 0 amide bonds. The van der Waals surface area contributed by atoms with Gasteiger partial charge in [0.1, 0.15) is 5.69 Å². The molecule has 0 fully saturated rings. The molecule has 0 bridgehead atoms. The van der Waals surface area contributed by atoms with E-state index in [2.05, 4.69) is 9.97 Å². The van der Waals surface area contributed by atoms with Gasteiger partial charge in [0.25, 0.3) is 0 Å². The SMILES string of the molecule is COC(=O)c1ccc(-c2ccccc2)c(-c2ccc(N)c(O)n2)n1. The molecular formula is C18H15N3O3. The minimum absolute atomic E-state index is 0.158. The van der Waals surface area contributed by atoms with Crippen molar-refractivity contribution >= 4 is 11.7 Å². The summed E-state index contributed by atoms with van der Waals surface area (Å²) >= 11 is 0. The van der Waals surface area contributed by atoms with E-state index in [1.165, 1.54) is 7.11 Å². The van der Waals surface area contributed by atoms with Gasteiger partial charge in [-0.1, -0.05) is 30.3 Å². The Morgan fingerprint density at radius 3 is 2.46 bits per heavy atom. The van der Waals surface area contributed by atoms with Crippen molar-refractivity contribution in [1.29, 1.82) is 0 Å². The van der Waals surface area contributed by atoms with Gasteiger partial charge in [-0.05, 0) is 29.8 Å². The number of methoxy groups -OCH3 is 1. The van der Waals surface area contributed by atoms with Crippen molar-refractivity contribution in [3.8, 4) is 28.4 Å². The first-order valence-corrected chi connectivity index (χ1v) is 7.21. The number of carbonyl (C=O) groups excluding carboxylic acids is 1. The fourth-order valence-electron chi connectivity index (χ4n) is 2.31. The van der Waals surface area contributed by atoms with Gasteiger partial charge in [0.2, 0.25) is 5.88 Å². The first-order chi connectivity index (χ1) is 11.6. The van der Waals surface area contributed by atoms with E-state index in [0.29, 0.717) is 11.4 Å². The number of rotatable bonds is 3. The summed E-state index contributed by atoms with van der Waals surface area (Å²) < 4.78 is 4.72. The van der Waals surface area contributed by atoms with Gasteiger partial charge in [-0.3, -0.25) is 0 Å². The summed E-state index contributed by atoms with van der Waals surface area (Å²) in [4.78, 5) is 20.2. The third-order valence-electron chi connectivity index (χ3n) is 3.52. The molecule has 6 nitrogen and oxygen atoms in total. The molecule has 120 valence electrons. The van der Waals surface area contributed by atoms with Crippen LogP contribution in [0.4, 0.5) is 5.69 Å². The van der Waals surface area contributed by atoms with Gasteiger partial charge in [0.05, 0.1) is 24.2 Å². The van der Waals surface area contributed by atoms with Crippen LogP contribution in [0, 0.1) is 0 Å². The van der Waals surface area contributed by atoms with Crippen molar-refractivity contribution in [3.05, 3.63) is 60.3 Å². The number of hydrogen-bond acceptors (Lipinski definition) is 6. The highest BCUT2D eigenvalue weighted by atomic mass is 16.5. The number of nitrogen functional groups attached to an aromatic ring is 1. The van der Waals surface area contributed by atoms with Gasteiger partial charge in [-0.25, -0.2) is 14.8 Å². The Hall–Kier alpha value is -3.41. The number of nitrogens with two attached hydrogens (primary N) is 1. The second-order valence-corrected chi connectivity index (χ2v) is 5.06. The van der Waals surface area contributed by atoms with Gasteiger partial charge in [0.15, 0.2) is 0 Å². The second kappa shape index (κ2) is 6.37. The lowest BCUT2D eigenvalue weighted by molar-refractivity contribution is 0.0594. The smallest absolute Gasteiger partial charge is 0.356 e. The van der Waals surface area contributed by atoms with Crippen molar-refractivity contribution in [3.63, 3.8) is 0 Å². The number of benzene rings is 1. The van der Waals surface area contributed by atoms with Gasteiger partial charge in [-0.2, -0.15) is 0 Å². The molecule has 0 atom stereocenters. The Morgan fingerprint density at radius 1 is 1.04 bits per heavy atom. The van der Waals surface area contributed by atoms with Crippen molar-refractivity contribution in [2.45, 2.75) is 0 Å². The Bertz CT molecular complexity index is 895. The lowest BCUT2D eigenvalue weighted by atomic mass is 10.0. The fourth-order valence-corrected chi connectivity index (χ4v) is 2.31. The number of ether oxygens (including phenoxy) is 1. The first-order valence-electron chi connectivity index (χ1n) is 7.21. The molecule has 2 aromatic heterocycles. The molecule has 1 aromatic carbocycles. The molecule has 2 heterocycles. The molecule has 3 rings (SSSR count). The van der Waals surface area contributed by atoms with Crippen LogP contribution in [0.1, 0.15) is 10.5 Å². The van der Waals surface area contributed by atoms with Crippen LogP contribution in [0.5, 0.6) is 5.88 Å². The Morgan fingerprint density at radius 2 is 1.79 bits per heavy atom. The van der Waals surface area contributed by atoms with Crippen LogP contribution < -0.4 is 5.73 Å². The molecule has 24 heavy (non-hydrogen) atoms. The summed E-state index contributed by atoms with van der Waals surface area (Å²) in [7, 11) is 1.29. The van der Waals surface area contributed by atoms with E-state index in [9.17, 15) is 9.90 Å². The maximum absolute atomic E-state index is 11.8. The maximum Gasteiger partial charge on any atom is 0.356 e. The molecule has 0 unspecified atom stereocenters. The molecule has 0 aliphatic carbocycles. The average Bonchev–Trinajstić information content (AvgIpc) is 2.63. The minimum atomic E-state index is -0.546. The lowest BCUT2D eigenvalue weighted by Gasteiger charge is -2.11. The van der Waals surface area contributed by atoms with Gasteiger partial charge < -0.3 is 15.6 Å². The molecule has 0 saturated heterocycles. The van der Waals surface area contributed by atoms with Crippen LogP contribution in [0.2, 0.25) is 0 Å². The summed E-state index contributed by atoms with van der Waals surface area (Å²) in [6.45, 7) is 0. The summed E-state index contributed by atoms with van der Waals surface area (Å²) in [5.74, 6) is -0.827. The van der Waals surface area contributed by atoms with Crippen molar-refractivity contribution in [1.82, 2.24) is 9.97 Å². The standard InChI is InChI=1S/C18H15N3O3/c1-24-18(23)15-9-7-12(11-5-3-2-4-6-11)16(20-15)14-10-8-13(19)17(22)21-14/h2-10H,19H2,1H3,(H,21,22). The monoisotopic (exact) mass is 321 g/mol. The molecule has 0 spiro atoms. The molecule has 0 radical (unpaired) electrons. The van der Waals surface area contributed by atoms with E-state index >= 15 is 0 Å². The van der Waals surface area contributed by atoms with E-state index in [4.69, 9.17) is 10.5 Å². The zero-order valence-electron chi connectivity index (χ0n) is 12.9. The predicted molar refractivity (Wildman–Crippen MR) is 90.3 cm³/mol. The highest BCUT2D eigenvalue weighted by molar-refractivity contribution is 5.90. The number of anilines is 1.